The lowest BCUT2D eigenvalue weighted by Crippen LogP contribution is -2.60. The Kier molecular flexibility index (Phi) is 9.70. The summed E-state index contributed by atoms with van der Waals surface area (Å²) in [6, 6.07) is 1.00. The first-order valence-electron chi connectivity index (χ1n) is 8.82. The van der Waals surface area contributed by atoms with Crippen molar-refractivity contribution < 1.29 is 23.1 Å². The molecule has 1 saturated heterocycles. The van der Waals surface area contributed by atoms with Gasteiger partial charge in [-0.15, -0.1) is 0 Å². The first-order valence-corrected chi connectivity index (χ1v) is 10.9. The number of hydrogen-bond acceptors (Lipinski definition) is 5. The van der Waals surface area contributed by atoms with Crippen LogP contribution in [0.15, 0.2) is 12.7 Å². The molecule has 1 fully saturated rings. The lowest BCUT2D eigenvalue weighted by atomic mass is 9.98. The van der Waals surface area contributed by atoms with Crippen LogP contribution >= 0.6 is 0 Å². The highest BCUT2D eigenvalue weighted by atomic mass is 28.4. The molecule has 0 bridgehead atoms. The first-order chi connectivity index (χ1) is 11.1. The summed E-state index contributed by atoms with van der Waals surface area (Å²) in [6.45, 7) is 11.9. The van der Waals surface area contributed by atoms with Crippen LogP contribution in [0.4, 0.5) is 0 Å². The number of esters is 1. The Hall–Kier alpha value is -0.693. The molecule has 1 rings (SSSR count). The van der Waals surface area contributed by atoms with E-state index in [0.717, 1.165) is 31.7 Å². The summed E-state index contributed by atoms with van der Waals surface area (Å²) < 4.78 is 23.5. The number of carbonyl (C=O) groups is 1. The Bertz CT molecular complexity index is 349. The lowest BCUT2D eigenvalue weighted by Gasteiger charge is -2.44. The molecule has 0 aromatic carbocycles. The van der Waals surface area contributed by atoms with E-state index in [-0.39, 0.29) is 11.7 Å². The van der Waals surface area contributed by atoms with E-state index in [1.54, 1.807) is 0 Å². The van der Waals surface area contributed by atoms with E-state index < -0.39 is 8.56 Å². The summed E-state index contributed by atoms with van der Waals surface area (Å²) >= 11 is 0. The fourth-order valence-corrected chi connectivity index (χ4v) is 7.55. The zero-order chi connectivity index (χ0) is 17.1. The standard InChI is InChI=1S/C17H32O5Si/c1-5-16(18)20-13-9-11-15-12-10-14-23(21-7-3,22-8-4)17(15)19-6-2/h5,15,17H,1,6-14H2,2-4H3. The summed E-state index contributed by atoms with van der Waals surface area (Å²) in [4.78, 5) is 11.1. The molecule has 1 heterocycles. The van der Waals surface area contributed by atoms with Gasteiger partial charge in [-0.25, -0.2) is 4.79 Å². The Morgan fingerprint density at radius 2 is 1.91 bits per heavy atom. The Morgan fingerprint density at radius 3 is 2.48 bits per heavy atom. The molecule has 0 aliphatic carbocycles. The summed E-state index contributed by atoms with van der Waals surface area (Å²) in [5.74, 6) is 0.0539. The maximum Gasteiger partial charge on any atom is 0.368 e. The minimum absolute atomic E-state index is 0.0660. The van der Waals surface area contributed by atoms with E-state index in [2.05, 4.69) is 6.58 Å². The highest BCUT2D eigenvalue weighted by Gasteiger charge is 2.52. The van der Waals surface area contributed by atoms with E-state index in [4.69, 9.17) is 18.3 Å². The molecule has 0 spiro atoms. The Morgan fingerprint density at radius 1 is 1.22 bits per heavy atom. The first kappa shape index (κ1) is 20.4. The molecule has 23 heavy (non-hydrogen) atoms. The van der Waals surface area contributed by atoms with Gasteiger partial charge in [0.15, 0.2) is 0 Å². The molecule has 0 saturated carbocycles. The van der Waals surface area contributed by atoms with Gasteiger partial charge in [0.25, 0.3) is 0 Å². The van der Waals surface area contributed by atoms with Gasteiger partial charge in [-0.05, 0) is 52.0 Å². The van der Waals surface area contributed by atoms with Crippen LogP contribution < -0.4 is 0 Å². The minimum Gasteiger partial charge on any atom is -0.463 e. The van der Waals surface area contributed by atoms with Crippen LogP contribution in [0.1, 0.15) is 46.5 Å². The fraction of sp³-hybridized carbons (Fsp3) is 0.824. The maximum absolute atomic E-state index is 11.1. The van der Waals surface area contributed by atoms with Crippen molar-refractivity contribution in [2.45, 2.75) is 58.2 Å². The van der Waals surface area contributed by atoms with E-state index in [1.165, 1.54) is 6.08 Å². The van der Waals surface area contributed by atoms with Crippen molar-refractivity contribution in [2.24, 2.45) is 5.92 Å². The molecule has 1 aliphatic rings. The third kappa shape index (κ3) is 6.03. The number of hydrogen-bond donors (Lipinski definition) is 0. The molecule has 5 nitrogen and oxygen atoms in total. The van der Waals surface area contributed by atoms with Gasteiger partial charge >= 0.3 is 14.5 Å². The third-order valence-electron chi connectivity index (χ3n) is 4.22. The van der Waals surface area contributed by atoms with Crippen molar-refractivity contribution in [3.8, 4) is 0 Å². The Balaban J connectivity index is 2.68. The maximum atomic E-state index is 11.1. The molecular weight excluding hydrogens is 312 g/mol. The van der Waals surface area contributed by atoms with Gasteiger partial charge in [0, 0.05) is 25.9 Å². The van der Waals surface area contributed by atoms with Crippen molar-refractivity contribution in [3.63, 3.8) is 0 Å². The third-order valence-corrected chi connectivity index (χ3v) is 8.33. The van der Waals surface area contributed by atoms with Gasteiger partial charge in [0.2, 0.25) is 0 Å². The van der Waals surface area contributed by atoms with Crippen LogP contribution in [-0.2, 0) is 23.1 Å². The summed E-state index contributed by atoms with van der Waals surface area (Å²) in [7, 11) is -2.33. The molecule has 2 atom stereocenters. The SMILES string of the molecule is C=CC(=O)OCCCC1CCC[Si](OCC)(OCC)C1OCC. The molecule has 0 radical (unpaired) electrons. The normalized spacial score (nSPS) is 23.4. The second kappa shape index (κ2) is 11.0. The molecule has 0 aromatic rings. The van der Waals surface area contributed by atoms with Crippen molar-refractivity contribution in [3.05, 3.63) is 12.7 Å². The number of carbonyl (C=O) groups excluding carboxylic acids is 1. The van der Waals surface area contributed by atoms with E-state index >= 15 is 0 Å². The van der Waals surface area contributed by atoms with Crippen molar-refractivity contribution in [2.75, 3.05) is 26.4 Å². The lowest BCUT2D eigenvalue weighted by molar-refractivity contribution is -0.138. The summed E-state index contributed by atoms with van der Waals surface area (Å²) in [6.07, 6.45) is 5.23. The van der Waals surface area contributed by atoms with Gasteiger partial charge in [-0.2, -0.15) is 0 Å². The average Bonchev–Trinajstić information content (AvgIpc) is 2.54. The van der Waals surface area contributed by atoms with Gasteiger partial charge in [0.1, 0.15) is 5.73 Å². The van der Waals surface area contributed by atoms with Gasteiger partial charge < -0.3 is 18.3 Å². The monoisotopic (exact) mass is 344 g/mol. The summed E-state index contributed by atoms with van der Waals surface area (Å²) in [5.41, 5.74) is 0.0660. The van der Waals surface area contributed by atoms with E-state index in [9.17, 15) is 4.79 Å². The fourth-order valence-electron chi connectivity index (χ4n) is 3.42. The Labute approximate surface area is 141 Å². The zero-order valence-corrected chi connectivity index (χ0v) is 15.8. The van der Waals surface area contributed by atoms with Gasteiger partial charge in [-0.3, -0.25) is 0 Å². The smallest absolute Gasteiger partial charge is 0.368 e. The highest BCUT2D eigenvalue weighted by Crippen LogP contribution is 2.38. The van der Waals surface area contributed by atoms with Crippen molar-refractivity contribution in [1.82, 2.24) is 0 Å². The topological polar surface area (TPSA) is 54.0 Å². The minimum atomic E-state index is -2.33. The van der Waals surface area contributed by atoms with E-state index in [0.29, 0.717) is 32.3 Å². The molecule has 0 amide bonds. The van der Waals surface area contributed by atoms with Crippen LogP contribution in [0.5, 0.6) is 0 Å². The second-order valence-corrected chi connectivity index (χ2v) is 8.99. The zero-order valence-electron chi connectivity index (χ0n) is 14.8. The van der Waals surface area contributed by atoms with E-state index in [1.807, 2.05) is 20.8 Å². The largest absolute Gasteiger partial charge is 0.463 e. The quantitative estimate of drug-likeness (QED) is 0.249. The van der Waals surface area contributed by atoms with Gasteiger partial charge in [0.05, 0.1) is 6.61 Å². The average molecular weight is 345 g/mol. The number of rotatable bonds is 11. The predicted molar refractivity (Wildman–Crippen MR) is 92.3 cm³/mol. The van der Waals surface area contributed by atoms with Crippen LogP contribution in [0.2, 0.25) is 6.04 Å². The molecule has 6 heteroatoms. The molecule has 134 valence electrons. The molecule has 0 N–H and O–H groups in total. The van der Waals surface area contributed by atoms with Crippen molar-refractivity contribution in [1.29, 1.82) is 0 Å². The van der Waals surface area contributed by atoms with Crippen LogP contribution in [0.25, 0.3) is 0 Å². The summed E-state index contributed by atoms with van der Waals surface area (Å²) in [5, 5.41) is 0. The second-order valence-electron chi connectivity index (χ2n) is 5.72. The van der Waals surface area contributed by atoms with Crippen molar-refractivity contribution >= 4 is 14.5 Å². The molecular formula is C17H32O5Si. The number of ether oxygens (including phenoxy) is 2. The van der Waals surface area contributed by atoms with Gasteiger partial charge in [-0.1, -0.05) is 13.0 Å². The highest BCUT2D eigenvalue weighted by molar-refractivity contribution is 6.69. The molecule has 2 unspecified atom stereocenters. The van der Waals surface area contributed by atoms with Crippen LogP contribution in [-0.4, -0.2) is 46.7 Å². The predicted octanol–water partition coefficient (Wildman–Crippen LogP) is 3.37. The van der Waals surface area contributed by atoms with Crippen LogP contribution in [0, 0.1) is 5.92 Å². The van der Waals surface area contributed by atoms with Crippen LogP contribution in [0.3, 0.4) is 0 Å². The molecule has 0 aromatic heterocycles. The molecule has 1 aliphatic heterocycles.